The molecule has 11 heteroatoms. The highest BCUT2D eigenvalue weighted by molar-refractivity contribution is 9.10. The number of rotatable bonds is 5. The number of nitrogens with zero attached hydrogens (tertiary/aromatic N) is 7. The molecule has 182 valence electrons. The molecule has 6 rings (SSSR count). The summed E-state index contributed by atoms with van der Waals surface area (Å²) in [7, 11) is 1.70. The van der Waals surface area contributed by atoms with Crippen LogP contribution in [0.4, 0.5) is 17.5 Å². The van der Waals surface area contributed by atoms with Gasteiger partial charge < -0.3 is 20.3 Å². The Labute approximate surface area is 215 Å². The standard InChI is InChI=1S/C25H24BrN9O/c1-36-18-3-2-16-10-15(11-17-4-5-28-25(27)31-17)12-20(19(16)13-18)34-6-8-35(9-7-34)24-21-22(26)32-33-23(21)29-14-30-24/h2-5,10,12-14H,6-9,11H2,1H3,(H2,27,28,31)(H,29,30,32,33). The zero-order chi connectivity index (χ0) is 24.6. The number of piperazine rings is 1. The summed E-state index contributed by atoms with van der Waals surface area (Å²) >= 11 is 3.55. The predicted molar refractivity (Wildman–Crippen MR) is 144 cm³/mol. The Bertz CT molecular complexity index is 1560. The minimum atomic E-state index is 0.289. The fourth-order valence-electron chi connectivity index (χ4n) is 4.79. The van der Waals surface area contributed by atoms with Crippen molar-refractivity contribution in [2.45, 2.75) is 6.42 Å². The van der Waals surface area contributed by atoms with Crippen molar-refractivity contribution < 1.29 is 4.74 Å². The fourth-order valence-corrected chi connectivity index (χ4v) is 5.24. The Morgan fingerprint density at radius 1 is 1.03 bits per heavy atom. The van der Waals surface area contributed by atoms with E-state index in [0.717, 1.165) is 64.2 Å². The van der Waals surface area contributed by atoms with Crippen LogP contribution in [0.15, 0.2) is 53.5 Å². The van der Waals surface area contributed by atoms with E-state index in [0.29, 0.717) is 12.1 Å². The largest absolute Gasteiger partial charge is 0.497 e. The summed E-state index contributed by atoms with van der Waals surface area (Å²) in [4.78, 5) is 22.0. The highest BCUT2D eigenvalue weighted by Crippen LogP contribution is 2.34. The van der Waals surface area contributed by atoms with Crippen molar-refractivity contribution in [2.75, 3.05) is 48.8 Å². The number of methoxy groups -OCH3 is 1. The Morgan fingerprint density at radius 3 is 2.67 bits per heavy atom. The van der Waals surface area contributed by atoms with Crippen molar-refractivity contribution in [3.8, 4) is 5.75 Å². The van der Waals surface area contributed by atoms with E-state index >= 15 is 0 Å². The van der Waals surface area contributed by atoms with E-state index in [9.17, 15) is 0 Å². The van der Waals surface area contributed by atoms with Gasteiger partial charge in [-0.3, -0.25) is 5.10 Å². The number of nitrogens with two attached hydrogens (primary N) is 1. The number of hydrogen-bond donors (Lipinski definition) is 2. The lowest BCUT2D eigenvalue weighted by Crippen LogP contribution is -2.47. The van der Waals surface area contributed by atoms with Gasteiger partial charge in [0, 0.05) is 49.9 Å². The van der Waals surface area contributed by atoms with Crippen molar-refractivity contribution >= 4 is 55.2 Å². The van der Waals surface area contributed by atoms with E-state index in [-0.39, 0.29) is 5.95 Å². The number of anilines is 3. The van der Waals surface area contributed by atoms with Crippen molar-refractivity contribution in [1.82, 2.24) is 30.1 Å². The number of aromatic nitrogens is 6. The lowest BCUT2D eigenvalue weighted by molar-refractivity contribution is 0.415. The number of H-pyrrole nitrogens is 1. The maximum atomic E-state index is 5.81. The summed E-state index contributed by atoms with van der Waals surface area (Å²) in [5.74, 6) is 2.02. The zero-order valence-corrected chi connectivity index (χ0v) is 21.2. The molecule has 1 aliphatic heterocycles. The van der Waals surface area contributed by atoms with Crippen LogP contribution in [0.3, 0.4) is 0 Å². The smallest absolute Gasteiger partial charge is 0.220 e. The summed E-state index contributed by atoms with van der Waals surface area (Å²) in [6.45, 7) is 3.33. The Balaban J connectivity index is 1.33. The molecular formula is C25H24BrN9O. The van der Waals surface area contributed by atoms with Gasteiger partial charge in [-0.2, -0.15) is 5.10 Å². The van der Waals surface area contributed by atoms with Crippen LogP contribution in [0.25, 0.3) is 21.8 Å². The second kappa shape index (κ2) is 9.23. The quantitative estimate of drug-likeness (QED) is 0.341. The van der Waals surface area contributed by atoms with Gasteiger partial charge >= 0.3 is 0 Å². The SMILES string of the molecule is COc1ccc2cc(Cc3ccnc(N)n3)cc(N3CCN(c4ncnc5n[nH]c(Br)c45)CC3)c2c1. The molecule has 0 saturated carbocycles. The first-order valence-electron chi connectivity index (χ1n) is 11.6. The maximum Gasteiger partial charge on any atom is 0.220 e. The van der Waals surface area contributed by atoms with Crippen molar-refractivity contribution in [3.05, 3.63) is 64.8 Å². The maximum absolute atomic E-state index is 5.81. The molecule has 3 N–H and O–H groups in total. The van der Waals surface area contributed by atoms with Crippen LogP contribution in [-0.4, -0.2) is 63.4 Å². The molecule has 0 spiro atoms. The molecule has 0 aliphatic carbocycles. The molecule has 0 radical (unpaired) electrons. The second-order valence-electron chi connectivity index (χ2n) is 8.69. The van der Waals surface area contributed by atoms with Gasteiger partial charge in [-0.05, 0) is 51.1 Å². The molecule has 0 bridgehead atoms. The average Bonchev–Trinajstić information content (AvgIpc) is 3.29. The van der Waals surface area contributed by atoms with Crippen LogP contribution in [0.2, 0.25) is 0 Å². The molecule has 1 aliphatic rings. The number of halogens is 1. The third-order valence-electron chi connectivity index (χ3n) is 6.52. The normalized spacial score (nSPS) is 14.1. The summed E-state index contributed by atoms with van der Waals surface area (Å²) < 4.78 is 6.34. The van der Waals surface area contributed by atoms with Crippen LogP contribution in [0.5, 0.6) is 5.75 Å². The Morgan fingerprint density at radius 2 is 1.86 bits per heavy atom. The predicted octanol–water partition coefficient (Wildman–Crippen LogP) is 3.57. The van der Waals surface area contributed by atoms with Gasteiger partial charge in [0.05, 0.1) is 18.2 Å². The van der Waals surface area contributed by atoms with Crippen LogP contribution in [0, 0.1) is 0 Å². The van der Waals surface area contributed by atoms with Crippen molar-refractivity contribution in [3.63, 3.8) is 0 Å². The van der Waals surface area contributed by atoms with E-state index in [4.69, 9.17) is 10.5 Å². The van der Waals surface area contributed by atoms with Gasteiger partial charge in [-0.25, -0.2) is 19.9 Å². The van der Waals surface area contributed by atoms with Gasteiger partial charge in [-0.1, -0.05) is 12.1 Å². The second-order valence-corrected chi connectivity index (χ2v) is 9.49. The first-order valence-corrected chi connectivity index (χ1v) is 12.4. The molecular weight excluding hydrogens is 522 g/mol. The van der Waals surface area contributed by atoms with E-state index < -0.39 is 0 Å². The Kier molecular flexibility index (Phi) is 5.76. The molecule has 1 fully saturated rings. The lowest BCUT2D eigenvalue weighted by atomic mass is 10.00. The number of benzene rings is 2. The first-order chi connectivity index (χ1) is 17.6. The number of fused-ring (bicyclic) bond motifs is 2. The molecule has 0 atom stereocenters. The average molecular weight is 546 g/mol. The molecule has 0 unspecified atom stereocenters. The van der Waals surface area contributed by atoms with E-state index in [1.54, 1.807) is 19.6 Å². The van der Waals surface area contributed by atoms with Crippen molar-refractivity contribution in [2.24, 2.45) is 0 Å². The number of nitrogens with one attached hydrogen (secondary N) is 1. The van der Waals surface area contributed by atoms with Gasteiger partial charge in [0.25, 0.3) is 0 Å². The highest BCUT2D eigenvalue weighted by atomic mass is 79.9. The minimum absolute atomic E-state index is 0.289. The molecule has 1 saturated heterocycles. The van der Waals surface area contributed by atoms with Gasteiger partial charge in [-0.15, -0.1) is 0 Å². The third-order valence-corrected chi connectivity index (χ3v) is 7.10. The zero-order valence-electron chi connectivity index (χ0n) is 19.6. The number of ether oxygens (including phenoxy) is 1. The first kappa shape index (κ1) is 22.5. The number of aromatic amines is 1. The van der Waals surface area contributed by atoms with Gasteiger partial charge in [0.2, 0.25) is 5.95 Å². The molecule has 10 nitrogen and oxygen atoms in total. The van der Waals surface area contributed by atoms with E-state index in [1.165, 1.54) is 11.3 Å². The van der Waals surface area contributed by atoms with E-state index in [2.05, 4.69) is 80.1 Å². The summed E-state index contributed by atoms with van der Waals surface area (Å²) in [6.07, 6.45) is 3.95. The molecule has 4 heterocycles. The third kappa shape index (κ3) is 4.15. The fraction of sp³-hybridized carbons (Fsp3) is 0.240. The number of hydrogen-bond acceptors (Lipinski definition) is 9. The number of nitrogen functional groups attached to an aromatic ring is 1. The van der Waals surface area contributed by atoms with Crippen LogP contribution < -0.4 is 20.3 Å². The van der Waals surface area contributed by atoms with Gasteiger partial charge in [0.15, 0.2) is 5.65 Å². The molecule has 3 aromatic heterocycles. The van der Waals surface area contributed by atoms with Crippen LogP contribution >= 0.6 is 15.9 Å². The summed E-state index contributed by atoms with van der Waals surface area (Å²) in [5, 5.41) is 10.4. The monoisotopic (exact) mass is 545 g/mol. The minimum Gasteiger partial charge on any atom is -0.497 e. The lowest BCUT2D eigenvalue weighted by Gasteiger charge is -2.37. The molecule has 5 aromatic rings. The van der Waals surface area contributed by atoms with Crippen molar-refractivity contribution in [1.29, 1.82) is 0 Å². The molecule has 36 heavy (non-hydrogen) atoms. The topological polar surface area (TPSA) is 122 Å². The highest BCUT2D eigenvalue weighted by Gasteiger charge is 2.23. The Hall–Kier alpha value is -3.99. The van der Waals surface area contributed by atoms with Crippen LogP contribution in [0.1, 0.15) is 11.3 Å². The van der Waals surface area contributed by atoms with E-state index in [1.807, 2.05) is 12.1 Å². The summed E-state index contributed by atoms with van der Waals surface area (Å²) in [6, 6.07) is 12.6. The van der Waals surface area contributed by atoms with Gasteiger partial charge in [0.1, 0.15) is 22.5 Å². The molecule has 0 amide bonds. The van der Waals surface area contributed by atoms with Crippen LogP contribution in [-0.2, 0) is 6.42 Å². The summed E-state index contributed by atoms with van der Waals surface area (Å²) in [5.41, 5.74) is 9.71. The molecule has 2 aromatic carbocycles.